The molecule has 0 saturated carbocycles. The first-order chi connectivity index (χ1) is 6.66. The lowest BCUT2D eigenvalue weighted by Crippen LogP contribution is -2.28. The summed E-state index contributed by atoms with van der Waals surface area (Å²) >= 11 is 0. The van der Waals surface area contributed by atoms with Gasteiger partial charge in [-0.1, -0.05) is 12.1 Å². The van der Waals surface area contributed by atoms with Crippen molar-refractivity contribution in [2.75, 3.05) is 12.2 Å². The molecule has 2 rings (SSSR count). The van der Waals surface area contributed by atoms with Crippen LogP contribution < -0.4 is 5.06 Å². The Morgan fingerprint density at radius 3 is 2.64 bits per heavy atom. The summed E-state index contributed by atoms with van der Waals surface area (Å²) in [6.07, 6.45) is 0. The highest BCUT2D eigenvalue weighted by atomic mass is 16.7. The highest BCUT2D eigenvalue weighted by molar-refractivity contribution is 6.52. The average molecular weight is 191 g/mol. The third kappa shape index (κ3) is 0.975. The van der Waals surface area contributed by atoms with E-state index in [1.165, 1.54) is 7.11 Å². The first-order valence-corrected chi connectivity index (χ1v) is 4.19. The fourth-order valence-electron chi connectivity index (χ4n) is 1.61. The number of hydrogen-bond donors (Lipinski definition) is 0. The molecule has 1 aliphatic heterocycles. The molecule has 0 aromatic heterocycles. The lowest BCUT2D eigenvalue weighted by atomic mass is 10.1. The van der Waals surface area contributed by atoms with Crippen molar-refractivity contribution in [1.29, 1.82) is 0 Å². The van der Waals surface area contributed by atoms with Gasteiger partial charge in [-0.05, 0) is 18.6 Å². The molecule has 1 heterocycles. The monoisotopic (exact) mass is 191 g/mol. The minimum absolute atomic E-state index is 0.444. The summed E-state index contributed by atoms with van der Waals surface area (Å²) in [7, 11) is 1.36. The predicted octanol–water partition coefficient (Wildman–Crippen LogP) is 1.09. The molecule has 0 atom stereocenters. The largest absolute Gasteiger partial charge is 0.323 e. The number of benzene rings is 1. The fraction of sp³-hybridized carbons (Fsp3) is 0.200. The smallest absolute Gasteiger partial charge is 0.283 e. The van der Waals surface area contributed by atoms with Gasteiger partial charge in [-0.2, -0.15) is 5.06 Å². The van der Waals surface area contributed by atoms with Gasteiger partial charge in [0.15, 0.2) is 0 Å². The Balaban J connectivity index is 2.67. The van der Waals surface area contributed by atoms with Gasteiger partial charge in [0.1, 0.15) is 0 Å². The zero-order chi connectivity index (χ0) is 10.3. The first-order valence-electron chi connectivity index (χ1n) is 4.19. The molecule has 0 unspecified atom stereocenters. The fourth-order valence-corrected chi connectivity index (χ4v) is 1.61. The molecule has 4 heteroatoms. The van der Waals surface area contributed by atoms with E-state index in [0.717, 1.165) is 10.6 Å². The molecule has 1 aliphatic rings. The van der Waals surface area contributed by atoms with Gasteiger partial charge in [0.05, 0.1) is 18.4 Å². The van der Waals surface area contributed by atoms with Crippen LogP contribution in [0.4, 0.5) is 5.69 Å². The van der Waals surface area contributed by atoms with E-state index in [1.807, 2.05) is 0 Å². The standard InChI is InChI=1S/C10H9NO3/c1-6-4-3-5-7-8(6)9(12)10(13)11(7)14-2/h3-5H,1-2H3. The maximum Gasteiger partial charge on any atom is 0.323 e. The highest BCUT2D eigenvalue weighted by Crippen LogP contribution is 2.30. The summed E-state index contributed by atoms with van der Waals surface area (Å²) in [4.78, 5) is 27.8. The van der Waals surface area contributed by atoms with Gasteiger partial charge in [0, 0.05) is 0 Å². The van der Waals surface area contributed by atoms with Crippen LogP contribution in [0.15, 0.2) is 18.2 Å². The molecule has 1 aromatic rings. The van der Waals surface area contributed by atoms with Gasteiger partial charge < -0.3 is 0 Å². The van der Waals surface area contributed by atoms with Crippen LogP contribution in [0.25, 0.3) is 0 Å². The number of hydroxylamine groups is 1. The zero-order valence-electron chi connectivity index (χ0n) is 7.90. The van der Waals surface area contributed by atoms with Crippen LogP contribution in [-0.2, 0) is 9.63 Å². The van der Waals surface area contributed by atoms with Crippen LogP contribution in [0.1, 0.15) is 15.9 Å². The molecular formula is C10H9NO3. The number of amides is 1. The lowest BCUT2D eigenvalue weighted by molar-refractivity contribution is -0.119. The molecule has 0 fully saturated rings. The minimum Gasteiger partial charge on any atom is -0.283 e. The quantitative estimate of drug-likeness (QED) is 0.624. The summed E-state index contributed by atoms with van der Waals surface area (Å²) in [5, 5.41) is 1.02. The van der Waals surface area contributed by atoms with Crippen LogP contribution in [-0.4, -0.2) is 18.8 Å². The van der Waals surface area contributed by atoms with E-state index < -0.39 is 11.7 Å². The number of ketones is 1. The molecule has 72 valence electrons. The number of aryl methyl sites for hydroxylation is 1. The normalized spacial score (nSPS) is 14.9. The summed E-state index contributed by atoms with van der Waals surface area (Å²) in [6.45, 7) is 1.79. The van der Waals surface area contributed by atoms with Gasteiger partial charge in [-0.25, -0.2) is 0 Å². The molecule has 0 aliphatic carbocycles. The summed E-state index contributed by atoms with van der Waals surface area (Å²) in [6, 6.07) is 5.27. The Labute approximate surface area is 81.0 Å². The van der Waals surface area contributed by atoms with Gasteiger partial charge in [-0.15, -0.1) is 0 Å². The number of rotatable bonds is 1. The van der Waals surface area contributed by atoms with Gasteiger partial charge in [0.2, 0.25) is 0 Å². The van der Waals surface area contributed by atoms with E-state index in [0.29, 0.717) is 11.3 Å². The van der Waals surface area contributed by atoms with Crippen LogP contribution >= 0.6 is 0 Å². The molecule has 4 nitrogen and oxygen atoms in total. The van der Waals surface area contributed by atoms with Crippen LogP contribution in [0.5, 0.6) is 0 Å². The van der Waals surface area contributed by atoms with Crippen molar-refractivity contribution in [2.45, 2.75) is 6.92 Å². The number of anilines is 1. The van der Waals surface area contributed by atoms with E-state index in [4.69, 9.17) is 4.84 Å². The van der Waals surface area contributed by atoms with Crippen LogP contribution in [0.2, 0.25) is 0 Å². The lowest BCUT2D eigenvalue weighted by Gasteiger charge is -2.11. The first kappa shape index (κ1) is 8.90. The van der Waals surface area contributed by atoms with E-state index in [2.05, 4.69) is 0 Å². The van der Waals surface area contributed by atoms with Gasteiger partial charge >= 0.3 is 5.91 Å². The maximum absolute atomic E-state index is 11.5. The Kier molecular flexibility index (Phi) is 1.86. The van der Waals surface area contributed by atoms with Crippen molar-refractivity contribution in [3.63, 3.8) is 0 Å². The second kappa shape index (κ2) is 2.92. The number of nitrogens with zero attached hydrogens (tertiary/aromatic N) is 1. The highest BCUT2D eigenvalue weighted by Gasteiger charge is 2.37. The molecule has 1 amide bonds. The van der Waals surface area contributed by atoms with E-state index in [-0.39, 0.29) is 0 Å². The number of carbonyl (C=O) groups is 2. The molecule has 0 saturated heterocycles. The Morgan fingerprint density at radius 1 is 1.29 bits per heavy atom. The Bertz CT molecular complexity index is 425. The van der Waals surface area contributed by atoms with Crippen LogP contribution in [0, 0.1) is 6.92 Å². The predicted molar refractivity (Wildman–Crippen MR) is 50.0 cm³/mol. The second-order valence-corrected chi connectivity index (χ2v) is 3.08. The van der Waals surface area contributed by atoms with E-state index >= 15 is 0 Å². The van der Waals surface area contributed by atoms with Crippen molar-refractivity contribution in [2.24, 2.45) is 0 Å². The summed E-state index contributed by atoms with van der Waals surface area (Å²) < 4.78 is 0. The molecule has 0 radical (unpaired) electrons. The number of carbonyl (C=O) groups excluding carboxylic acids is 2. The molecule has 0 spiro atoms. The van der Waals surface area contributed by atoms with E-state index in [1.54, 1.807) is 25.1 Å². The summed E-state index contributed by atoms with van der Waals surface area (Å²) in [5.41, 5.74) is 1.77. The Morgan fingerprint density at radius 2 is 2.00 bits per heavy atom. The maximum atomic E-state index is 11.5. The molecule has 14 heavy (non-hydrogen) atoms. The van der Waals surface area contributed by atoms with Crippen molar-refractivity contribution in [3.05, 3.63) is 29.3 Å². The Hall–Kier alpha value is -1.68. The molecule has 1 aromatic carbocycles. The van der Waals surface area contributed by atoms with E-state index in [9.17, 15) is 9.59 Å². The van der Waals surface area contributed by atoms with Crippen molar-refractivity contribution < 1.29 is 14.4 Å². The van der Waals surface area contributed by atoms with Crippen molar-refractivity contribution in [1.82, 2.24) is 0 Å². The van der Waals surface area contributed by atoms with Crippen LogP contribution in [0.3, 0.4) is 0 Å². The van der Waals surface area contributed by atoms with Gasteiger partial charge in [-0.3, -0.25) is 14.4 Å². The molecule has 0 N–H and O–H groups in total. The second-order valence-electron chi connectivity index (χ2n) is 3.08. The number of Topliss-reactive ketones (excluding diaryl/α,β-unsaturated/α-hetero) is 1. The minimum atomic E-state index is -0.628. The van der Waals surface area contributed by atoms with Crippen molar-refractivity contribution in [3.8, 4) is 0 Å². The zero-order valence-corrected chi connectivity index (χ0v) is 7.90. The SMILES string of the molecule is CON1C(=O)C(=O)c2c(C)cccc21. The topological polar surface area (TPSA) is 46.6 Å². The van der Waals surface area contributed by atoms with Crippen molar-refractivity contribution >= 4 is 17.4 Å². The summed E-state index contributed by atoms with van der Waals surface area (Å²) in [5.74, 6) is -1.13. The van der Waals surface area contributed by atoms with Gasteiger partial charge in [0.25, 0.3) is 5.78 Å². The molecule has 0 bridgehead atoms. The number of hydrogen-bond acceptors (Lipinski definition) is 3. The third-order valence-corrected chi connectivity index (χ3v) is 2.26. The number of fused-ring (bicyclic) bond motifs is 1. The molecular weight excluding hydrogens is 182 g/mol. The average Bonchev–Trinajstić information content (AvgIpc) is 2.41. The third-order valence-electron chi connectivity index (χ3n) is 2.26.